The van der Waals surface area contributed by atoms with Crippen LogP contribution >= 0.6 is 0 Å². The molecule has 0 aliphatic heterocycles. The second kappa shape index (κ2) is 7.54. The van der Waals surface area contributed by atoms with Gasteiger partial charge >= 0.3 is 6.18 Å². The Morgan fingerprint density at radius 1 is 1.21 bits per heavy atom. The topological polar surface area (TPSA) is 67.6 Å². The number of nitrogens with zero attached hydrogens (tertiary/aromatic N) is 2. The van der Waals surface area contributed by atoms with E-state index in [-0.39, 0.29) is 19.9 Å². The second-order valence-electron chi connectivity index (χ2n) is 7.61. The van der Waals surface area contributed by atoms with Gasteiger partial charge in [0.1, 0.15) is 5.69 Å². The van der Waals surface area contributed by atoms with E-state index in [2.05, 4.69) is 15.2 Å². The average Bonchev–Trinajstić information content (AvgIpc) is 3.35. The predicted octanol–water partition coefficient (Wildman–Crippen LogP) is 6.11. The summed E-state index contributed by atoms with van der Waals surface area (Å²) in [6.45, 7) is 0. The van der Waals surface area contributed by atoms with Crippen molar-refractivity contribution in [3.8, 4) is 11.1 Å². The van der Waals surface area contributed by atoms with Crippen LogP contribution in [-0.4, -0.2) is 15.2 Å². The molecule has 0 bridgehead atoms. The van der Waals surface area contributed by atoms with Crippen LogP contribution in [0.1, 0.15) is 58.7 Å². The van der Waals surface area contributed by atoms with E-state index in [0.717, 1.165) is 24.3 Å². The molecule has 0 amide bonds. The van der Waals surface area contributed by atoms with E-state index in [0.29, 0.717) is 11.1 Å². The number of H-pyrrole nitrogens is 1. The highest BCUT2D eigenvalue weighted by atomic mass is 19.4. The number of nitrogens with one attached hydrogen (secondary N) is 1. The molecule has 2 aromatic heterocycles. The number of hydrogen-bond donors (Lipinski definition) is 2. The molecule has 1 unspecified atom stereocenters. The molecule has 1 aliphatic rings. The maximum Gasteiger partial charge on any atom is 0.433 e. The van der Waals surface area contributed by atoms with Gasteiger partial charge < -0.3 is 5.73 Å². The third-order valence-electron chi connectivity index (χ3n) is 5.72. The number of benzene rings is 1. The summed E-state index contributed by atoms with van der Waals surface area (Å²) in [4.78, 5) is 3.97. The van der Waals surface area contributed by atoms with Crippen molar-refractivity contribution in [2.75, 3.05) is 0 Å². The molecule has 0 saturated heterocycles. The standard InChI is InChI=1S/C21H23F3N4.2H2/c22-21(23,24)19-18-16(10-11-26-20(18)28-27-19)14-6-3-7-15(12-14)17(25)9-8-13-4-1-2-5-13;;/h3,6-7,10-13,17H,1-2,4-5,8-9,25H2,(H,26,27,28);2*1H. The molecule has 2 heterocycles. The second-order valence-corrected chi connectivity index (χ2v) is 7.61. The summed E-state index contributed by atoms with van der Waals surface area (Å²) in [6.07, 6.45) is 4.11. The molecule has 0 spiro atoms. The summed E-state index contributed by atoms with van der Waals surface area (Å²) >= 11 is 0. The molecule has 1 aliphatic carbocycles. The van der Waals surface area contributed by atoms with Crippen molar-refractivity contribution in [1.29, 1.82) is 0 Å². The van der Waals surface area contributed by atoms with Gasteiger partial charge in [-0.25, -0.2) is 4.98 Å². The summed E-state index contributed by atoms with van der Waals surface area (Å²) in [6, 6.07) is 8.96. The summed E-state index contributed by atoms with van der Waals surface area (Å²) in [5.41, 5.74) is 7.67. The molecule has 1 saturated carbocycles. The van der Waals surface area contributed by atoms with E-state index >= 15 is 0 Å². The minimum atomic E-state index is -4.53. The van der Waals surface area contributed by atoms with Gasteiger partial charge in [-0.1, -0.05) is 43.9 Å². The van der Waals surface area contributed by atoms with Crippen molar-refractivity contribution in [3.05, 3.63) is 47.8 Å². The Hall–Kier alpha value is -2.41. The molecule has 3 aromatic rings. The molecular formula is C21H27F3N4. The fourth-order valence-electron chi connectivity index (χ4n) is 4.21. The maximum absolute atomic E-state index is 13.4. The maximum atomic E-state index is 13.4. The lowest BCUT2D eigenvalue weighted by Gasteiger charge is -2.16. The van der Waals surface area contributed by atoms with Gasteiger partial charge in [-0.05, 0) is 47.6 Å². The molecular weight excluding hydrogens is 365 g/mol. The summed E-state index contributed by atoms with van der Waals surface area (Å²) in [5, 5.41) is 5.80. The summed E-state index contributed by atoms with van der Waals surface area (Å²) in [7, 11) is 0. The Kier molecular flexibility index (Phi) is 5.10. The van der Waals surface area contributed by atoms with Crippen molar-refractivity contribution in [2.45, 2.75) is 50.7 Å². The average molecular weight is 392 g/mol. The van der Waals surface area contributed by atoms with Gasteiger partial charge in [0.15, 0.2) is 5.65 Å². The Morgan fingerprint density at radius 3 is 2.75 bits per heavy atom. The van der Waals surface area contributed by atoms with E-state index in [4.69, 9.17) is 5.73 Å². The first kappa shape index (κ1) is 18.9. The van der Waals surface area contributed by atoms with E-state index in [1.54, 1.807) is 12.1 Å². The molecule has 1 aromatic carbocycles. The lowest BCUT2D eigenvalue weighted by molar-refractivity contribution is -0.139. The number of aromatic nitrogens is 3. The van der Waals surface area contributed by atoms with Crippen molar-refractivity contribution < 1.29 is 16.0 Å². The van der Waals surface area contributed by atoms with Crippen LogP contribution in [-0.2, 0) is 6.18 Å². The minimum Gasteiger partial charge on any atom is -0.324 e. The number of nitrogens with two attached hydrogens (primary N) is 1. The lowest BCUT2D eigenvalue weighted by atomic mass is 9.93. The van der Waals surface area contributed by atoms with Crippen LogP contribution in [0.2, 0.25) is 0 Å². The lowest BCUT2D eigenvalue weighted by Crippen LogP contribution is -2.12. The number of halogens is 3. The van der Waals surface area contributed by atoms with Gasteiger partial charge in [-0.2, -0.15) is 18.3 Å². The van der Waals surface area contributed by atoms with Crippen molar-refractivity contribution in [2.24, 2.45) is 11.7 Å². The zero-order chi connectivity index (χ0) is 19.7. The molecule has 7 heteroatoms. The molecule has 1 atom stereocenters. The van der Waals surface area contributed by atoms with Crippen LogP contribution in [0.15, 0.2) is 36.5 Å². The Labute approximate surface area is 164 Å². The highest BCUT2D eigenvalue weighted by molar-refractivity contribution is 5.94. The first-order valence-electron chi connectivity index (χ1n) is 9.69. The third kappa shape index (κ3) is 3.76. The largest absolute Gasteiger partial charge is 0.433 e. The first-order chi connectivity index (χ1) is 13.4. The summed E-state index contributed by atoms with van der Waals surface area (Å²) in [5.74, 6) is 0.759. The first-order valence-corrected chi connectivity index (χ1v) is 9.69. The van der Waals surface area contributed by atoms with Crippen LogP contribution in [0.3, 0.4) is 0 Å². The molecule has 1 fully saturated rings. The predicted molar refractivity (Wildman–Crippen MR) is 107 cm³/mol. The van der Waals surface area contributed by atoms with E-state index in [1.165, 1.54) is 31.9 Å². The highest BCUT2D eigenvalue weighted by Gasteiger charge is 2.36. The van der Waals surface area contributed by atoms with Gasteiger partial charge in [-0.15, -0.1) is 0 Å². The minimum absolute atomic E-state index is 0. The highest BCUT2D eigenvalue weighted by Crippen LogP contribution is 2.38. The summed E-state index contributed by atoms with van der Waals surface area (Å²) < 4.78 is 40.2. The van der Waals surface area contributed by atoms with Crippen LogP contribution in [0.5, 0.6) is 0 Å². The van der Waals surface area contributed by atoms with E-state index < -0.39 is 11.9 Å². The van der Waals surface area contributed by atoms with Crippen LogP contribution in [0.4, 0.5) is 13.2 Å². The van der Waals surface area contributed by atoms with Gasteiger partial charge in [0, 0.05) is 15.1 Å². The smallest absolute Gasteiger partial charge is 0.324 e. The number of fused-ring (bicyclic) bond motifs is 1. The fraction of sp³-hybridized carbons (Fsp3) is 0.429. The number of alkyl halides is 3. The molecule has 3 N–H and O–H groups in total. The van der Waals surface area contributed by atoms with Crippen molar-refractivity contribution in [3.63, 3.8) is 0 Å². The molecule has 4 nitrogen and oxygen atoms in total. The monoisotopic (exact) mass is 392 g/mol. The van der Waals surface area contributed by atoms with Gasteiger partial charge in [0.05, 0.1) is 5.39 Å². The number of rotatable bonds is 5. The zero-order valence-electron chi connectivity index (χ0n) is 15.5. The molecule has 0 radical (unpaired) electrons. The number of hydrogen-bond acceptors (Lipinski definition) is 3. The molecule has 28 heavy (non-hydrogen) atoms. The normalized spacial score (nSPS) is 16.7. The van der Waals surface area contributed by atoms with Crippen molar-refractivity contribution in [1.82, 2.24) is 15.2 Å². The van der Waals surface area contributed by atoms with Crippen LogP contribution in [0, 0.1) is 5.92 Å². The SMILES string of the molecule is NC(CCC1CCCC1)c1cccc(-c2ccnc3n[nH]c(C(F)(F)F)c23)c1.[HH].[HH]. The zero-order valence-corrected chi connectivity index (χ0v) is 15.5. The van der Waals surface area contributed by atoms with Gasteiger partial charge in [-0.3, -0.25) is 5.10 Å². The molecule has 152 valence electrons. The van der Waals surface area contributed by atoms with E-state index in [9.17, 15) is 13.2 Å². The Bertz CT molecular complexity index is 968. The number of pyridine rings is 1. The van der Waals surface area contributed by atoms with Crippen LogP contribution < -0.4 is 5.73 Å². The number of aromatic amines is 1. The van der Waals surface area contributed by atoms with E-state index in [1.807, 2.05) is 18.2 Å². The van der Waals surface area contributed by atoms with Crippen LogP contribution in [0.25, 0.3) is 22.2 Å². The quantitative estimate of drug-likeness (QED) is 0.551. The molecule has 4 rings (SSSR count). The van der Waals surface area contributed by atoms with Gasteiger partial charge in [0.25, 0.3) is 0 Å². The van der Waals surface area contributed by atoms with Crippen molar-refractivity contribution >= 4 is 11.0 Å². The Morgan fingerprint density at radius 2 is 2.00 bits per heavy atom. The fourth-order valence-corrected chi connectivity index (χ4v) is 4.21. The third-order valence-corrected chi connectivity index (χ3v) is 5.72. The van der Waals surface area contributed by atoms with Gasteiger partial charge in [0.2, 0.25) is 0 Å². The Balaban J connectivity index is 0.00000160.